The van der Waals surface area contributed by atoms with Crippen LogP contribution in [0.5, 0.6) is 0 Å². The molecular weight excluding hydrogens is 292 g/mol. The van der Waals surface area contributed by atoms with Crippen LogP contribution in [0.1, 0.15) is 19.8 Å². The minimum atomic E-state index is 0.196. The summed E-state index contributed by atoms with van der Waals surface area (Å²) in [6.45, 7) is 4.40. The Labute approximate surface area is 117 Å². The topological polar surface area (TPSA) is 32.3 Å². The lowest BCUT2D eigenvalue weighted by atomic mass is 10.0. The molecule has 1 aliphatic heterocycles. The third kappa shape index (κ3) is 3.73. The zero-order valence-electron chi connectivity index (χ0n) is 10.7. The van der Waals surface area contributed by atoms with Crippen molar-refractivity contribution in [3.63, 3.8) is 0 Å². The summed E-state index contributed by atoms with van der Waals surface area (Å²) < 4.78 is 1.02. The molecule has 2 rings (SSSR count). The Hall–Kier alpha value is -1.03. The molecule has 0 saturated carbocycles. The van der Waals surface area contributed by atoms with E-state index in [2.05, 4.69) is 28.2 Å². The molecule has 0 radical (unpaired) electrons. The van der Waals surface area contributed by atoms with E-state index in [0.29, 0.717) is 12.5 Å². The van der Waals surface area contributed by atoms with Gasteiger partial charge in [0.05, 0.1) is 6.54 Å². The Morgan fingerprint density at radius 2 is 2.39 bits per heavy atom. The van der Waals surface area contributed by atoms with Gasteiger partial charge in [-0.25, -0.2) is 0 Å². The van der Waals surface area contributed by atoms with Gasteiger partial charge in [-0.1, -0.05) is 28.9 Å². The Kier molecular flexibility index (Phi) is 4.64. The van der Waals surface area contributed by atoms with Crippen molar-refractivity contribution in [2.45, 2.75) is 19.8 Å². The van der Waals surface area contributed by atoms with Gasteiger partial charge in [0.15, 0.2) is 0 Å². The van der Waals surface area contributed by atoms with Gasteiger partial charge < -0.3 is 10.2 Å². The Bertz CT molecular complexity index is 422. The Morgan fingerprint density at radius 3 is 3.11 bits per heavy atom. The van der Waals surface area contributed by atoms with Crippen LogP contribution in [0, 0.1) is 5.92 Å². The summed E-state index contributed by atoms with van der Waals surface area (Å²) in [5.74, 6) is 0.829. The number of anilines is 1. The first-order valence-electron chi connectivity index (χ1n) is 6.42. The number of carbonyl (C=O) groups is 1. The SMILES string of the molecule is C[C@@H]1CCCN(C(=O)CNc2cccc(Br)c2)C1. The van der Waals surface area contributed by atoms with Crippen molar-refractivity contribution in [2.24, 2.45) is 5.92 Å². The van der Waals surface area contributed by atoms with Crippen LogP contribution in [0.25, 0.3) is 0 Å². The molecule has 0 unspecified atom stereocenters. The van der Waals surface area contributed by atoms with E-state index in [1.165, 1.54) is 6.42 Å². The quantitative estimate of drug-likeness (QED) is 0.930. The van der Waals surface area contributed by atoms with Crippen molar-refractivity contribution in [3.8, 4) is 0 Å². The number of nitrogens with one attached hydrogen (secondary N) is 1. The molecule has 4 heteroatoms. The molecule has 1 aromatic rings. The fraction of sp³-hybridized carbons (Fsp3) is 0.500. The molecule has 1 N–H and O–H groups in total. The standard InChI is InChI=1S/C14H19BrN2O/c1-11-4-3-7-17(10-11)14(18)9-16-13-6-2-5-12(15)8-13/h2,5-6,8,11,16H,3-4,7,9-10H2,1H3/t11-/m1/s1. The van der Waals surface area contributed by atoms with E-state index < -0.39 is 0 Å². The first kappa shape index (κ1) is 13.4. The molecule has 0 spiro atoms. The first-order chi connectivity index (χ1) is 8.65. The van der Waals surface area contributed by atoms with Crippen LogP contribution in [0.4, 0.5) is 5.69 Å². The molecule has 0 aromatic heterocycles. The third-order valence-corrected chi connectivity index (χ3v) is 3.77. The van der Waals surface area contributed by atoms with Crippen molar-refractivity contribution in [1.82, 2.24) is 4.90 Å². The average Bonchev–Trinajstić information content (AvgIpc) is 2.36. The van der Waals surface area contributed by atoms with Crippen LogP contribution in [-0.2, 0) is 4.79 Å². The molecule has 1 heterocycles. The van der Waals surface area contributed by atoms with Gasteiger partial charge in [0.1, 0.15) is 0 Å². The molecule has 1 aliphatic rings. The molecule has 0 aliphatic carbocycles. The molecule has 98 valence electrons. The van der Waals surface area contributed by atoms with Gasteiger partial charge in [0, 0.05) is 23.2 Å². The van der Waals surface area contributed by atoms with Gasteiger partial charge in [0.2, 0.25) is 5.91 Å². The lowest BCUT2D eigenvalue weighted by molar-refractivity contribution is -0.130. The molecule has 1 saturated heterocycles. The second-order valence-electron chi connectivity index (χ2n) is 4.95. The lowest BCUT2D eigenvalue weighted by Gasteiger charge is -2.31. The minimum absolute atomic E-state index is 0.196. The van der Waals surface area contributed by atoms with Gasteiger partial charge in [-0.05, 0) is 37.0 Å². The lowest BCUT2D eigenvalue weighted by Crippen LogP contribution is -2.41. The highest BCUT2D eigenvalue weighted by atomic mass is 79.9. The molecule has 3 nitrogen and oxygen atoms in total. The van der Waals surface area contributed by atoms with Crippen molar-refractivity contribution in [1.29, 1.82) is 0 Å². The van der Waals surface area contributed by atoms with Crippen molar-refractivity contribution in [2.75, 3.05) is 25.0 Å². The number of amides is 1. The van der Waals surface area contributed by atoms with Crippen LogP contribution < -0.4 is 5.32 Å². The second-order valence-corrected chi connectivity index (χ2v) is 5.87. The number of likely N-dealkylation sites (tertiary alicyclic amines) is 1. The number of hydrogen-bond donors (Lipinski definition) is 1. The number of carbonyl (C=O) groups excluding carboxylic acids is 1. The van der Waals surface area contributed by atoms with Crippen LogP contribution in [-0.4, -0.2) is 30.4 Å². The molecule has 1 atom stereocenters. The monoisotopic (exact) mass is 310 g/mol. The number of hydrogen-bond acceptors (Lipinski definition) is 2. The smallest absolute Gasteiger partial charge is 0.241 e. The maximum Gasteiger partial charge on any atom is 0.241 e. The van der Waals surface area contributed by atoms with Crippen LogP contribution in [0.2, 0.25) is 0 Å². The molecule has 0 bridgehead atoms. The van der Waals surface area contributed by atoms with Gasteiger partial charge in [-0.2, -0.15) is 0 Å². The summed E-state index contributed by atoms with van der Waals surface area (Å²) in [4.78, 5) is 14.0. The summed E-state index contributed by atoms with van der Waals surface area (Å²) in [5, 5.41) is 3.18. The Balaban J connectivity index is 1.84. The van der Waals surface area contributed by atoms with Crippen molar-refractivity contribution < 1.29 is 4.79 Å². The van der Waals surface area contributed by atoms with Crippen molar-refractivity contribution >= 4 is 27.5 Å². The zero-order chi connectivity index (χ0) is 13.0. The summed E-state index contributed by atoms with van der Waals surface area (Å²) in [6.07, 6.45) is 2.37. The number of nitrogens with zero attached hydrogens (tertiary/aromatic N) is 1. The largest absolute Gasteiger partial charge is 0.376 e. The third-order valence-electron chi connectivity index (χ3n) is 3.28. The van der Waals surface area contributed by atoms with E-state index in [4.69, 9.17) is 0 Å². The fourth-order valence-corrected chi connectivity index (χ4v) is 2.70. The predicted molar refractivity (Wildman–Crippen MR) is 77.6 cm³/mol. The van der Waals surface area contributed by atoms with Crippen LogP contribution >= 0.6 is 15.9 Å². The zero-order valence-corrected chi connectivity index (χ0v) is 12.2. The average molecular weight is 311 g/mol. The highest BCUT2D eigenvalue weighted by Gasteiger charge is 2.20. The maximum atomic E-state index is 12.1. The number of piperidine rings is 1. The fourth-order valence-electron chi connectivity index (χ4n) is 2.30. The van der Waals surface area contributed by atoms with Gasteiger partial charge in [0.25, 0.3) is 0 Å². The highest BCUT2D eigenvalue weighted by molar-refractivity contribution is 9.10. The van der Waals surface area contributed by atoms with E-state index in [1.807, 2.05) is 29.2 Å². The number of rotatable bonds is 3. The molecular formula is C14H19BrN2O. The summed E-state index contributed by atoms with van der Waals surface area (Å²) in [7, 11) is 0. The van der Waals surface area contributed by atoms with Gasteiger partial charge in [-0.15, -0.1) is 0 Å². The van der Waals surface area contributed by atoms with E-state index in [0.717, 1.165) is 29.7 Å². The summed E-state index contributed by atoms with van der Waals surface area (Å²) in [6, 6.07) is 7.88. The molecule has 1 amide bonds. The second kappa shape index (κ2) is 6.23. The Morgan fingerprint density at radius 1 is 1.56 bits per heavy atom. The summed E-state index contributed by atoms with van der Waals surface area (Å²) >= 11 is 3.42. The van der Waals surface area contributed by atoms with E-state index in [-0.39, 0.29) is 5.91 Å². The molecule has 1 aromatic carbocycles. The normalized spacial score (nSPS) is 19.7. The first-order valence-corrected chi connectivity index (χ1v) is 7.21. The molecule has 18 heavy (non-hydrogen) atoms. The highest BCUT2D eigenvalue weighted by Crippen LogP contribution is 2.17. The van der Waals surface area contributed by atoms with Crippen molar-refractivity contribution in [3.05, 3.63) is 28.7 Å². The van der Waals surface area contributed by atoms with E-state index in [9.17, 15) is 4.79 Å². The molecule has 1 fully saturated rings. The van der Waals surface area contributed by atoms with Crippen LogP contribution in [0.3, 0.4) is 0 Å². The summed E-state index contributed by atoms with van der Waals surface area (Å²) in [5.41, 5.74) is 0.975. The predicted octanol–water partition coefficient (Wildman–Crippen LogP) is 3.12. The maximum absolute atomic E-state index is 12.1. The van der Waals surface area contributed by atoms with E-state index >= 15 is 0 Å². The number of halogens is 1. The minimum Gasteiger partial charge on any atom is -0.376 e. The number of benzene rings is 1. The van der Waals surface area contributed by atoms with Gasteiger partial charge in [-0.3, -0.25) is 4.79 Å². The van der Waals surface area contributed by atoms with E-state index in [1.54, 1.807) is 0 Å². The van der Waals surface area contributed by atoms with Crippen LogP contribution in [0.15, 0.2) is 28.7 Å². The van der Waals surface area contributed by atoms with Gasteiger partial charge >= 0.3 is 0 Å².